The monoisotopic (exact) mass is 219 g/mol. The summed E-state index contributed by atoms with van der Waals surface area (Å²) in [7, 11) is 0. The molecule has 0 fully saturated rings. The summed E-state index contributed by atoms with van der Waals surface area (Å²) in [6.07, 6.45) is 1.63. The largest absolute Gasteiger partial charge is 0.492 e. The first kappa shape index (κ1) is 11.1. The molecule has 0 saturated heterocycles. The van der Waals surface area contributed by atoms with E-state index in [1.165, 1.54) is 0 Å². The topological polar surface area (TPSA) is 52.3 Å². The second-order valence-corrected chi connectivity index (χ2v) is 4.23. The Morgan fingerprint density at radius 2 is 2.38 bits per heavy atom. The van der Waals surface area contributed by atoms with Crippen LogP contribution in [0.4, 0.5) is 0 Å². The number of carbonyl (C=O) groups excluding carboxylic acids is 1. The molecule has 0 saturated carbocycles. The predicted molar refractivity (Wildman–Crippen MR) is 62.8 cm³/mol. The molecule has 16 heavy (non-hydrogen) atoms. The average molecular weight is 219 g/mol. The average Bonchev–Trinajstić information content (AvgIpc) is 2.76. The van der Waals surface area contributed by atoms with Gasteiger partial charge in [-0.15, -0.1) is 0 Å². The van der Waals surface area contributed by atoms with Gasteiger partial charge in [0.05, 0.1) is 12.2 Å². The first-order chi connectivity index (χ1) is 7.74. The Morgan fingerprint density at radius 3 is 3.12 bits per heavy atom. The number of para-hydroxylation sites is 1. The molecule has 2 N–H and O–H groups in total. The van der Waals surface area contributed by atoms with Gasteiger partial charge in [-0.05, 0) is 24.6 Å². The molecule has 1 aromatic rings. The summed E-state index contributed by atoms with van der Waals surface area (Å²) in [5.74, 6) is 0.904. The summed E-state index contributed by atoms with van der Waals surface area (Å²) in [6, 6.07) is 5.79. The summed E-state index contributed by atoms with van der Waals surface area (Å²) in [5.41, 5.74) is 7.34. The summed E-state index contributed by atoms with van der Waals surface area (Å²) in [6.45, 7) is 3.15. The van der Waals surface area contributed by atoms with Gasteiger partial charge in [-0.1, -0.05) is 19.1 Å². The molecule has 0 aromatic heterocycles. The highest BCUT2D eigenvalue weighted by molar-refractivity contribution is 6.00. The number of ether oxygens (including phenoxy) is 1. The number of hydrogen-bond acceptors (Lipinski definition) is 3. The zero-order valence-electron chi connectivity index (χ0n) is 9.53. The fourth-order valence-electron chi connectivity index (χ4n) is 2.06. The van der Waals surface area contributed by atoms with Crippen LogP contribution in [0.3, 0.4) is 0 Å². The van der Waals surface area contributed by atoms with Crippen molar-refractivity contribution in [3.8, 4) is 5.75 Å². The van der Waals surface area contributed by atoms with E-state index in [0.717, 1.165) is 29.7 Å². The van der Waals surface area contributed by atoms with Crippen molar-refractivity contribution in [3.05, 3.63) is 29.3 Å². The zero-order valence-corrected chi connectivity index (χ0v) is 9.53. The van der Waals surface area contributed by atoms with Crippen LogP contribution in [0.15, 0.2) is 18.2 Å². The van der Waals surface area contributed by atoms with Gasteiger partial charge in [0.15, 0.2) is 5.78 Å². The molecule has 0 bridgehead atoms. The number of hydrogen-bond donors (Lipinski definition) is 1. The number of fused-ring (bicyclic) bond motifs is 1. The lowest BCUT2D eigenvalue weighted by molar-refractivity contribution is 0.0922. The lowest BCUT2D eigenvalue weighted by Gasteiger charge is -2.11. The first-order valence-corrected chi connectivity index (χ1v) is 5.73. The third-order valence-electron chi connectivity index (χ3n) is 3.03. The summed E-state index contributed by atoms with van der Waals surface area (Å²) in [4.78, 5) is 12.2. The molecule has 1 aliphatic rings. The number of rotatable bonds is 4. The van der Waals surface area contributed by atoms with Crippen LogP contribution in [0.25, 0.3) is 0 Å². The van der Waals surface area contributed by atoms with E-state index in [9.17, 15) is 4.79 Å². The number of carbonyl (C=O) groups is 1. The number of benzene rings is 1. The second kappa shape index (κ2) is 4.66. The van der Waals surface area contributed by atoms with Gasteiger partial charge in [0.2, 0.25) is 0 Å². The number of nitrogens with two attached hydrogens (primary N) is 1. The van der Waals surface area contributed by atoms with Gasteiger partial charge >= 0.3 is 0 Å². The van der Waals surface area contributed by atoms with Crippen LogP contribution in [0.5, 0.6) is 5.75 Å². The van der Waals surface area contributed by atoms with Gasteiger partial charge in [0.1, 0.15) is 5.75 Å². The molecule has 2 rings (SSSR count). The smallest absolute Gasteiger partial charge is 0.169 e. The molecule has 0 amide bonds. The summed E-state index contributed by atoms with van der Waals surface area (Å²) in [5, 5.41) is 0. The van der Waals surface area contributed by atoms with Gasteiger partial charge in [-0.2, -0.15) is 0 Å². The Hall–Kier alpha value is -1.35. The molecule has 1 aromatic carbocycles. The quantitative estimate of drug-likeness (QED) is 0.785. The molecular formula is C13H17NO2. The summed E-state index contributed by atoms with van der Waals surface area (Å²) >= 11 is 0. The number of ketones is 1. The number of Topliss-reactive ketones (excluding diaryl/α,β-unsaturated/α-hetero) is 1. The van der Waals surface area contributed by atoms with E-state index < -0.39 is 0 Å². The fraction of sp³-hybridized carbons (Fsp3) is 0.462. The minimum atomic E-state index is -0.0271. The molecule has 86 valence electrons. The maximum atomic E-state index is 12.2. The lowest BCUT2D eigenvalue weighted by atomic mass is 9.94. The molecule has 1 heterocycles. The van der Waals surface area contributed by atoms with E-state index in [4.69, 9.17) is 10.5 Å². The maximum Gasteiger partial charge on any atom is 0.169 e. The Kier molecular flexibility index (Phi) is 3.25. The Balaban J connectivity index is 2.27. The highest BCUT2D eigenvalue weighted by Gasteiger charge is 2.23. The van der Waals surface area contributed by atoms with Crippen LogP contribution in [-0.4, -0.2) is 18.9 Å². The van der Waals surface area contributed by atoms with Crippen LogP contribution < -0.4 is 10.5 Å². The standard InChI is InChI=1S/C13H17NO2/c1-9(5-7-14)12(15)11-4-2-3-10-6-8-16-13(10)11/h2-4,9H,5-8,14H2,1H3. The van der Waals surface area contributed by atoms with Gasteiger partial charge in [0.25, 0.3) is 0 Å². The lowest BCUT2D eigenvalue weighted by Crippen LogP contribution is -2.16. The van der Waals surface area contributed by atoms with E-state index >= 15 is 0 Å². The third-order valence-corrected chi connectivity index (χ3v) is 3.03. The maximum absolute atomic E-state index is 12.2. The van der Waals surface area contributed by atoms with Gasteiger partial charge < -0.3 is 10.5 Å². The molecule has 0 spiro atoms. The summed E-state index contributed by atoms with van der Waals surface area (Å²) < 4.78 is 5.53. The van der Waals surface area contributed by atoms with Crippen LogP contribution in [0, 0.1) is 5.92 Å². The van der Waals surface area contributed by atoms with Crippen LogP contribution >= 0.6 is 0 Å². The van der Waals surface area contributed by atoms with E-state index in [2.05, 4.69) is 0 Å². The van der Waals surface area contributed by atoms with Crippen molar-refractivity contribution < 1.29 is 9.53 Å². The fourth-order valence-corrected chi connectivity index (χ4v) is 2.06. The molecule has 1 atom stereocenters. The van der Waals surface area contributed by atoms with Gasteiger partial charge in [-0.3, -0.25) is 4.79 Å². The minimum absolute atomic E-state index is 0.0271. The van der Waals surface area contributed by atoms with Crippen LogP contribution in [-0.2, 0) is 6.42 Å². The van der Waals surface area contributed by atoms with E-state index in [-0.39, 0.29) is 11.7 Å². The van der Waals surface area contributed by atoms with Crippen molar-refractivity contribution in [2.24, 2.45) is 11.7 Å². The van der Waals surface area contributed by atoms with Crippen molar-refractivity contribution in [3.63, 3.8) is 0 Å². The van der Waals surface area contributed by atoms with Crippen LogP contribution in [0.2, 0.25) is 0 Å². The third kappa shape index (κ3) is 1.95. The molecule has 1 unspecified atom stereocenters. The van der Waals surface area contributed by atoms with Gasteiger partial charge in [0, 0.05) is 12.3 Å². The highest BCUT2D eigenvalue weighted by Crippen LogP contribution is 2.31. The molecule has 0 aliphatic carbocycles. The predicted octanol–water partition coefficient (Wildman–Crippen LogP) is 1.79. The molecule has 3 nitrogen and oxygen atoms in total. The van der Waals surface area contributed by atoms with Crippen molar-refractivity contribution >= 4 is 5.78 Å². The van der Waals surface area contributed by atoms with E-state index in [1.54, 1.807) is 0 Å². The zero-order chi connectivity index (χ0) is 11.5. The van der Waals surface area contributed by atoms with Crippen molar-refractivity contribution in [1.29, 1.82) is 0 Å². The Bertz CT molecular complexity index is 401. The molecular weight excluding hydrogens is 202 g/mol. The molecule has 0 radical (unpaired) electrons. The Labute approximate surface area is 95.6 Å². The Morgan fingerprint density at radius 1 is 1.56 bits per heavy atom. The normalized spacial score (nSPS) is 15.4. The minimum Gasteiger partial charge on any atom is -0.492 e. The van der Waals surface area contributed by atoms with E-state index in [0.29, 0.717) is 13.2 Å². The van der Waals surface area contributed by atoms with Crippen LogP contribution in [0.1, 0.15) is 29.3 Å². The molecule has 1 aliphatic heterocycles. The molecule has 3 heteroatoms. The van der Waals surface area contributed by atoms with Gasteiger partial charge in [-0.25, -0.2) is 0 Å². The van der Waals surface area contributed by atoms with Crippen molar-refractivity contribution in [2.75, 3.05) is 13.2 Å². The SMILES string of the molecule is CC(CCN)C(=O)c1cccc2c1OCC2. The first-order valence-electron chi connectivity index (χ1n) is 5.73. The second-order valence-electron chi connectivity index (χ2n) is 4.23. The van der Waals surface area contributed by atoms with Crippen molar-refractivity contribution in [2.45, 2.75) is 19.8 Å². The van der Waals surface area contributed by atoms with E-state index in [1.807, 2.05) is 25.1 Å². The van der Waals surface area contributed by atoms with Crippen molar-refractivity contribution in [1.82, 2.24) is 0 Å². The highest BCUT2D eigenvalue weighted by atomic mass is 16.5.